The van der Waals surface area contributed by atoms with E-state index in [2.05, 4.69) is 15.3 Å². The van der Waals surface area contributed by atoms with Crippen molar-refractivity contribution < 1.29 is 4.42 Å². The smallest absolute Gasteiger partial charge is 0.408 e. The largest absolute Gasteiger partial charge is 0.419 e. The lowest BCUT2D eigenvalue weighted by atomic mass is 10.1. The van der Waals surface area contributed by atoms with Gasteiger partial charge in [0.15, 0.2) is 10.7 Å². The molecule has 0 aliphatic rings. The molecule has 0 spiro atoms. The molecular formula is C16H11ClN4O2S. The molecule has 3 heterocycles. The highest BCUT2D eigenvalue weighted by Crippen LogP contribution is 2.29. The second-order valence-corrected chi connectivity index (χ2v) is 6.39. The third-order valence-corrected chi connectivity index (χ3v) is 4.55. The first-order chi connectivity index (χ1) is 11.6. The molecule has 1 aromatic carbocycles. The number of aryl methyl sites for hydroxylation is 1. The topological polar surface area (TPSA) is 73.0 Å². The highest BCUT2D eigenvalue weighted by atomic mass is 35.5. The van der Waals surface area contributed by atoms with Crippen LogP contribution in [0.25, 0.3) is 22.4 Å². The van der Waals surface area contributed by atoms with Gasteiger partial charge in [0.2, 0.25) is 0 Å². The lowest BCUT2D eigenvalue weighted by molar-refractivity contribution is 0.528. The molecule has 0 atom stereocenters. The van der Waals surface area contributed by atoms with Gasteiger partial charge in [-0.05, 0) is 24.3 Å². The Labute approximate surface area is 145 Å². The maximum Gasteiger partial charge on any atom is 0.419 e. The molecule has 24 heavy (non-hydrogen) atoms. The Morgan fingerprint density at radius 1 is 1.29 bits per heavy atom. The van der Waals surface area contributed by atoms with Gasteiger partial charge in [-0.2, -0.15) is 0 Å². The molecule has 0 radical (unpaired) electrons. The summed E-state index contributed by atoms with van der Waals surface area (Å²) in [5.74, 6) is -0.377. The van der Waals surface area contributed by atoms with Crippen molar-refractivity contribution in [2.75, 3.05) is 5.32 Å². The molecule has 120 valence electrons. The maximum atomic E-state index is 11.6. The standard InChI is InChI=1S/C16H11ClN4O2S/c1-21-12-4-2-9(6-13(12)23-16(21)22)11-8-24-15(20-11)19-10-3-5-14(17)18-7-10/h2-8H,1H3,(H,19,20). The van der Waals surface area contributed by atoms with E-state index >= 15 is 0 Å². The number of thiazole rings is 1. The molecular weight excluding hydrogens is 348 g/mol. The van der Waals surface area contributed by atoms with Gasteiger partial charge in [-0.1, -0.05) is 17.7 Å². The Morgan fingerprint density at radius 2 is 2.17 bits per heavy atom. The predicted octanol–water partition coefficient (Wildman–Crippen LogP) is 4.05. The fraction of sp³-hybridized carbons (Fsp3) is 0.0625. The minimum atomic E-state index is -0.377. The molecule has 3 aromatic heterocycles. The van der Waals surface area contributed by atoms with E-state index in [0.29, 0.717) is 10.7 Å². The molecule has 0 unspecified atom stereocenters. The first-order valence-electron chi connectivity index (χ1n) is 7.04. The minimum absolute atomic E-state index is 0.377. The van der Waals surface area contributed by atoms with E-state index in [1.807, 2.05) is 29.6 Å². The number of rotatable bonds is 3. The summed E-state index contributed by atoms with van der Waals surface area (Å²) in [6.07, 6.45) is 1.65. The van der Waals surface area contributed by atoms with Crippen molar-refractivity contribution in [2.24, 2.45) is 7.05 Å². The number of oxazole rings is 1. The molecule has 0 amide bonds. The average molecular weight is 359 g/mol. The van der Waals surface area contributed by atoms with Crippen LogP contribution in [0, 0.1) is 0 Å². The molecule has 0 aliphatic heterocycles. The second kappa shape index (κ2) is 5.77. The van der Waals surface area contributed by atoms with Crippen LogP contribution in [0.3, 0.4) is 0 Å². The maximum absolute atomic E-state index is 11.6. The van der Waals surface area contributed by atoms with Crippen molar-refractivity contribution >= 4 is 44.9 Å². The van der Waals surface area contributed by atoms with Crippen molar-refractivity contribution in [3.05, 3.63) is 57.6 Å². The highest BCUT2D eigenvalue weighted by Gasteiger charge is 2.10. The molecule has 6 nitrogen and oxygen atoms in total. The van der Waals surface area contributed by atoms with Crippen LogP contribution in [0.5, 0.6) is 0 Å². The van der Waals surface area contributed by atoms with Crippen molar-refractivity contribution in [1.29, 1.82) is 0 Å². The van der Waals surface area contributed by atoms with Gasteiger partial charge >= 0.3 is 5.76 Å². The summed E-state index contributed by atoms with van der Waals surface area (Å²) in [5.41, 5.74) is 3.80. The monoisotopic (exact) mass is 358 g/mol. The van der Waals surface area contributed by atoms with Crippen molar-refractivity contribution in [1.82, 2.24) is 14.5 Å². The third-order valence-electron chi connectivity index (χ3n) is 3.57. The summed E-state index contributed by atoms with van der Waals surface area (Å²) >= 11 is 7.25. The molecule has 8 heteroatoms. The van der Waals surface area contributed by atoms with Gasteiger partial charge in [0, 0.05) is 18.0 Å². The Morgan fingerprint density at radius 3 is 2.96 bits per heavy atom. The van der Waals surface area contributed by atoms with Crippen LogP contribution in [0.2, 0.25) is 5.15 Å². The van der Waals surface area contributed by atoms with Crippen molar-refractivity contribution in [2.45, 2.75) is 0 Å². The van der Waals surface area contributed by atoms with Gasteiger partial charge in [-0.15, -0.1) is 11.3 Å². The van der Waals surface area contributed by atoms with Crippen LogP contribution in [-0.4, -0.2) is 14.5 Å². The summed E-state index contributed by atoms with van der Waals surface area (Å²) in [6.45, 7) is 0. The van der Waals surface area contributed by atoms with E-state index in [1.54, 1.807) is 19.3 Å². The number of benzene rings is 1. The van der Waals surface area contributed by atoms with E-state index in [1.165, 1.54) is 15.9 Å². The number of nitrogens with zero attached hydrogens (tertiary/aromatic N) is 3. The van der Waals surface area contributed by atoms with E-state index in [0.717, 1.165) is 27.6 Å². The lowest BCUT2D eigenvalue weighted by Crippen LogP contribution is -2.08. The first-order valence-corrected chi connectivity index (χ1v) is 8.30. The summed E-state index contributed by atoms with van der Waals surface area (Å²) in [7, 11) is 1.68. The van der Waals surface area contributed by atoms with E-state index in [9.17, 15) is 4.79 Å². The van der Waals surface area contributed by atoms with Crippen LogP contribution < -0.4 is 11.1 Å². The molecule has 0 fully saturated rings. The Hall–Kier alpha value is -2.64. The van der Waals surface area contributed by atoms with Gasteiger partial charge in [0.1, 0.15) is 5.15 Å². The van der Waals surface area contributed by atoms with Gasteiger partial charge in [-0.25, -0.2) is 14.8 Å². The molecule has 0 saturated carbocycles. The minimum Gasteiger partial charge on any atom is -0.408 e. The summed E-state index contributed by atoms with van der Waals surface area (Å²) in [4.78, 5) is 20.1. The molecule has 4 rings (SSSR count). The fourth-order valence-electron chi connectivity index (χ4n) is 2.33. The van der Waals surface area contributed by atoms with Crippen LogP contribution in [0.4, 0.5) is 10.8 Å². The number of anilines is 2. The van der Waals surface area contributed by atoms with E-state index in [-0.39, 0.29) is 5.76 Å². The lowest BCUT2D eigenvalue weighted by Gasteiger charge is -2.01. The molecule has 4 aromatic rings. The van der Waals surface area contributed by atoms with Gasteiger partial charge < -0.3 is 9.73 Å². The SMILES string of the molecule is Cn1c(=O)oc2cc(-c3csc(Nc4ccc(Cl)nc4)n3)ccc21. The Bertz CT molecular complexity index is 1080. The number of hydrogen-bond donors (Lipinski definition) is 1. The Kier molecular flexibility index (Phi) is 3.59. The van der Waals surface area contributed by atoms with Crippen molar-refractivity contribution in [3.8, 4) is 11.3 Å². The normalized spacial score (nSPS) is 11.1. The van der Waals surface area contributed by atoms with E-state index < -0.39 is 0 Å². The summed E-state index contributed by atoms with van der Waals surface area (Å²) < 4.78 is 6.69. The van der Waals surface area contributed by atoms with Gasteiger partial charge in [-0.3, -0.25) is 4.57 Å². The number of fused-ring (bicyclic) bond motifs is 1. The average Bonchev–Trinajstić information content (AvgIpc) is 3.15. The first kappa shape index (κ1) is 14.9. The summed E-state index contributed by atoms with van der Waals surface area (Å²) in [5, 5.41) is 6.30. The zero-order valence-corrected chi connectivity index (χ0v) is 14.1. The number of nitrogens with one attached hydrogen (secondary N) is 1. The third kappa shape index (κ3) is 2.68. The van der Waals surface area contributed by atoms with Crippen LogP contribution in [0.1, 0.15) is 0 Å². The zero-order valence-electron chi connectivity index (χ0n) is 12.5. The summed E-state index contributed by atoms with van der Waals surface area (Å²) in [6, 6.07) is 9.13. The van der Waals surface area contributed by atoms with Crippen molar-refractivity contribution in [3.63, 3.8) is 0 Å². The quantitative estimate of drug-likeness (QED) is 0.559. The Balaban J connectivity index is 1.64. The second-order valence-electron chi connectivity index (χ2n) is 5.14. The molecule has 1 N–H and O–H groups in total. The molecule has 0 saturated heterocycles. The molecule has 0 bridgehead atoms. The number of halogens is 1. The van der Waals surface area contributed by atoms with E-state index in [4.69, 9.17) is 16.0 Å². The van der Waals surface area contributed by atoms with Gasteiger partial charge in [0.05, 0.1) is 23.1 Å². The van der Waals surface area contributed by atoms with Crippen LogP contribution in [-0.2, 0) is 7.05 Å². The highest BCUT2D eigenvalue weighted by molar-refractivity contribution is 7.14. The predicted molar refractivity (Wildman–Crippen MR) is 95.1 cm³/mol. The number of pyridine rings is 1. The number of aromatic nitrogens is 3. The molecule has 0 aliphatic carbocycles. The number of hydrogen-bond acceptors (Lipinski definition) is 6. The zero-order chi connectivity index (χ0) is 16.7. The van der Waals surface area contributed by atoms with Gasteiger partial charge in [0.25, 0.3) is 0 Å². The van der Waals surface area contributed by atoms with Crippen LogP contribution in [0.15, 0.2) is 51.1 Å². The fourth-order valence-corrected chi connectivity index (χ4v) is 3.18. The van der Waals surface area contributed by atoms with Crippen LogP contribution >= 0.6 is 22.9 Å².